The Kier molecular flexibility index (Phi) is 2.43. The SMILES string of the molecule is C=C(C1CC1)C(CO)OO. The molecule has 0 spiro atoms. The van der Waals surface area contributed by atoms with Gasteiger partial charge in [0, 0.05) is 0 Å². The highest BCUT2D eigenvalue weighted by atomic mass is 17.1. The molecule has 0 bridgehead atoms. The first-order valence-electron chi connectivity index (χ1n) is 3.39. The van der Waals surface area contributed by atoms with Crippen molar-refractivity contribution in [3.05, 3.63) is 12.2 Å². The summed E-state index contributed by atoms with van der Waals surface area (Å²) in [5.74, 6) is 0.462. The van der Waals surface area contributed by atoms with Crippen LogP contribution in [0.4, 0.5) is 0 Å². The van der Waals surface area contributed by atoms with Crippen LogP contribution in [0.3, 0.4) is 0 Å². The van der Waals surface area contributed by atoms with Crippen LogP contribution in [0.25, 0.3) is 0 Å². The normalized spacial score (nSPS) is 20.6. The molecule has 0 heterocycles. The van der Waals surface area contributed by atoms with Gasteiger partial charge in [-0.1, -0.05) is 6.58 Å². The Morgan fingerprint density at radius 3 is 2.60 bits per heavy atom. The molecule has 3 heteroatoms. The molecule has 1 saturated carbocycles. The Labute approximate surface area is 59.9 Å². The minimum Gasteiger partial charge on any atom is -0.393 e. The van der Waals surface area contributed by atoms with Crippen molar-refractivity contribution < 1.29 is 15.3 Å². The van der Waals surface area contributed by atoms with E-state index in [9.17, 15) is 0 Å². The number of hydrogen-bond donors (Lipinski definition) is 2. The molecule has 0 aromatic heterocycles. The average molecular weight is 144 g/mol. The van der Waals surface area contributed by atoms with Gasteiger partial charge in [0.05, 0.1) is 6.61 Å². The highest BCUT2D eigenvalue weighted by Crippen LogP contribution is 2.37. The van der Waals surface area contributed by atoms with Crippen LogP contribution >= 0.6 is 0 Å². The van der Waals surface area contributed by atoms with E-state index in [0.29, 0.717) is 5.92 Å². The van der Waals surface area contributed by atoms with Crippen molar-refractivity contribution in [3.63, 3.8) is 0 Å². The van der Waals surface area contributed by atoms with Gasteiger partial charge in [0.15, 0.2) is 0 Å². The molecule has 58 valence electrons. The van der Waals surface area contributed by atoms with Crippen LogP contribution in [0.1, 0.15) is 12.8 Å². The maximum atomic E-state index is 8.63. The second kappa shape index (κ2) is 3.14. The zero-order chi connectivity index (χ0) is 7.56. The van der Waals surface area contributed by atoms with Gasteiger partial charge in [0.25, 0.3) is 0 Å². The highest BCUT2D eigenvalue weighted by Gasteiger charge is 2.29. The van der Waals surface area contributed by atoms with Gasteiger partial charge < -0.3 is 5.11 Å². The van der Waals surface area contributed by atoms with Crippen molar-refractivity contribution in [3.8, 4) is 0 Å². The zero-order valence-electron chi connectivity index (χ0n) is 5.79. The first-order valence-corrected chi connectivity index (χ1v) is 3.39. The number of aliphatic hydroxyl groups excluding tert-OH is 1. The molecule has 1 aliphatic rings. The molecule has 3 nitrogen and oxygen atoms in total. The second-order valence-corrected chi connectivity index (χ2v) is 2.63. The molecule has 10 heavy (non-hydrogen) atoms. The molecule has 1 aliphatic carbocycles. The maximum absolute atomic E-state index is 8.63. The predicted octanol–water partition coefficient (Wildman–Crippen LogP) is 0.803. The van der Waals surface area contributed by atoms with Crippen LogP contribution in [0.5, 0.6) is 0 Å². The van der Waals surface area contributed by atoms with E-state index >= 15 is 0 Å². The fraction of sp³-hybridized carbons (Fsp3) is 0.714. The topological polar surface area (TPSA) is 49.7 Å². The van der Waals surface area contributed by atoms with Crippen molar-refractivity contribution in [1.82, 2.24) is 0 Å². The van der Waals surface area contributed by atoms with Crippen LogP contribution in [0, 0.1) is 5.92 Å². The van der Waals surface area contributed by atoms with Crippen LogP contribution in [0.2, 0.25) is 0 Å². The smallest absolute Gasteiger partial charge is 0.137 e. The molecule has 0 aromatic rings. The van der Waals surface area contributed by atoms with Gasteiger partial charge in [-0.3, -0.25) is 5.26 Å². The largest absolute Gasteiger partial charge is 0.393 e. The minimum atomic E-state index is -0.576. The maximum Gasteiger partial charge on any atom is 0.137 e. The molecule has 1 atom stereocenters. The van der Waals surface area contributed by atoms with Crippen molar-refractivity contribution >= 4 is 0 Å². The van der Waals surface area contributed by atoms with E-state index in [1.807, 2.05) is 0 Å². The molecular weight excluding hydrogens is 132 g/mol. The van der Waals surface area contributed by atoms with E-state index < -0.39 is 6.10 Å². The van der Waals surface area contributed by atoms with E-state index in [-0.39, 0.29) is 6.61 Å². The summed E-state index contributed by atoms with van der Waals surface area (Å²) in [6, 6.07) is 0. The number of rotatable bonds is 4. The van der Waals surface area contributed by atoms with E-state index in [0.717, 1.165) is 18.4 Å². The molecule has 0 aromatic carbocycles. The van der Waals surface area contributed by atoms with Crippen molar-refractivity contribution in [2.75, 3.05) is 6.61 Å². The van der Waals surface area contributed by atoms with Crippen molar-refractivity contribution in [1.29, 1.82) is 0 Å². The Morgan fingerprint density at radius 2 is 2.30 bits per heavy atom. The van der Waals surface area contributed by atoms with Crippen molar-refractivity contribution in [2.45, 2.75) is 18.9 Å². The fourth-order valence-corrected chi connectivity index (χ4v) is 0.935. The Balaban J connectivity index is 2.35. The van der Waals surface area contributed by atoms with E-state index in [2.05, 4.69) is 11.5 Å². The van der Waals surface area contributed by atoms with Gasteiger partial charge in [-0.2, -0.15) is 0 Å². The van der Waals surface area contributed by atoms with Gasteiger partial charge >= 0.3 is 0 Å². The molecule has 2 N–H and O–H groups in total. The summed E-state index contributed by atoms with van der Waals surface area (Å²) in [6.45, 7) is 3.53. The molecule has 0 radical (unpaired) electrons. The summed E-state index contributed by atoms with van der Waals surface area (Å²) >= 11 is 0. The van der Waals surface area contributed by atoms with Gasteiger partial charge in [0.2, 0.25) is 0 Å². The molecule has 1 fully saturated rings. The molecule has 0 aliphatic heterocycles. The lowest BCUT2D eigenvalue weighted by atomic mass is 10.1. The molecular formula is C7H12O3. The number of hydrogen-bond acceptors (Lipinski definition) is 3. The summed E-state index contributed by atoms with van der Waals surface area (Å²) in [7, 11) is 0. The first-order chi connectivity index (χ1) is 4.79. The van der Waals surface area contributed by atoms with Crippen LogP contribution in [-0.4, -0.2) is 23.1 Å². The average Bonchev–Trinajstić information content (AvgIpc) is 2.71. The highest BCUT2D eigenvalue weighted by molar-refractivity contribution is 5.12. The third-order valence-corrected chi connectivity index (χ3v) is 1.81. The summed E-state index contributed by atoms with van der Waals surface area (Å²) in [6.07, 6.45) is 1.64. The molecule has 0 saturated heterocycles. The lowest BCUT2D eigenvalue weighted by molar-refractivity contribution is -0.275. The fourth-order valence-electron chi connectivity index (χ4n) is 0.935. The van der Waals surface area contributed by atoms with Crippen LogP contribution < -0.4 is 0 Å². The summed E-state index contributed by atoms with van der Waals surface area (Å²) < 4.78 is 0. The van der Waals surface area contributed by atoms with E-state index in [4.69, 9.17) is 10.4 Å². The lowest BCUT2D eigenvalue weighted by Gasteiger charge is -2.11. The van der Waals surface area contributed by atoms with Gasteiger partial charge in [-0.25, -0.2) is 4.89 Å². The van der Waals surface area contributed by atoms with E-state index in [1.165, 1.54) is 0 Å². The summed E-state index contributed by atoms with van der Waals surface area (Å²) in [5, 5.41) is 16.9. The third-order valence-electron chi connectivity index (χ3n) is 1.81. The quantitative estimate of drug-likeness (QED) is 0.348. The summed E-state index contributed by atoms with van der Waals surface area (Å²) in [4.78, 5) is 4.01. The Bertz CT molecular complexity index is 125. The second-order valence-electron chi connectivity index (χ2n) is 2.63. The van der Waals surface area contributed by atoms with Crippen LogP contribution in [0.15, 0.2) is 12.2 Å². The Morgan fingerprint density at radius 1 is 1.70 bits per heavy atom. The van der Waals surface area contributed by atoms with E-state index in [1.54, 1.807) is 0 Å². The third kappa shape index (κ3) is 1.56. The Hall–Kier alpha value is -0.380. The first kappa shape index (κ1) is 7.72. The zero-order valence-corrected chi connectivity index (χ0v) is 5.79. The monoisotopic (exact) mass is 144 g/mol. The summed E-state index contributed by atoms with van der Waals surface area (Å²) in [5.41, 5.74) is 0.810. The molecule has 0 amide bonds. The van der Waals surface area contributed by atoms with Gasteiger partial charge in [-0.15, -0.1) is 0 Å². The minimum absolute atomic E-state index is 0.189. The van der Waals surface area contributed by atoms with Gasteiger partial charge in [-0.05, 0) is 24.3 Å². The standard InChI is InChI=1S/C7H12O3/c1-5(6-2-3-6)7(4-8)10-9/h6-9H,1-4H2. The number of aliphatic hydroxyl groups is 1. The predicted molar refractivity (Wildman–Crippen MR) is 36.5 cm³/mol. The van der Waals surface area contributed by atoms with Crippen LogP contribution in [-0.2, 0) is 4.89 Å². The molecule has 1 rings (SSSR count). The molecule has 1 unspecified atom stereocenters. The lowest BCUT2D eigenvalue weighted by Crippen LogP contribution is -2.19. The van der Waals surface area contributed by atoms with Crippen molar-refractivity contribution in [2.24, 2.45) is 5.92 Å². The van der Waals surface area contributed by atoms with Gasteiger partial charge in [0.1, 0.15) is 6.10 Å².